The normalized spacial score (nSPS) is 19.8. The fourth-order valence-corrected chi connectivity index (χ4v) is 3.05. The summed E-state index contributed by atoms with van der Waals surface area (Å²) in [5.74, 6) is 1.64. The zero-order valence-electron chi connectivity index (χ0n) is 12.9. The van der Waals surface area contributed by atoms with E-state index in [9.17, 15) is 4.79 Å². The lowest BCUT2D eigenvalue weighted by atomic mass is 9.89. The Labute approximate surface area is 122 Å². The summed E-state index contributed by atoms with van der Waals surface area (Å²) in [7, 11) is 1.86. The average Bonchev–Trinajstić information content (AvgIpc) is 2.72. The highest BCUT2D eigenvalue weighted by Gasteiger charge is 2.24. The summed E-state index contributed by atoms with van der Waals surface area (Å²) in [6.45, 7) is 6.36. The van der Waals surface area contributed by atoms with Crippen molar-refractivity contribution in [1.29, 1.82) is 0 Å². The summed E-state index contributed by atoms with van der Waals surface area (Å²) in [4.78, 5) is 14.7. The Hall–Kier alpha value is -1.51. The van der Waals surface area contributed by atoms with Crippen LogP contribution in [0.2, 0.25) is 0 Å². The molecule has 3 heteroatoms. The third-order valence-electron chi connectivity index (χ3n) is 4.43. The van der Waals surface area contributed by atoms with Gasteiger partial charge < -0.3 is 10.2 Å². The van der Waals surface area contributed by atoms with Crippen LogP contribution in [0.5, 0.6) is 0 Å². The summed E-state index contributed by atoms with van der Waals surface area (Å²) in [6, 6.07) is 7.77. The number of hydrogen-bond donors (Lipinski definition) is 1. The van der Waals surface area contributed by atoms with E-state index in [1.54, 1.807) is 0 Å². The second-order valence-electron chi connectivity index (χ2n) is 6.02. The van der Waals surface area contributed by atoms with Crippen molar-refractivity contribution in [3.8, 4) is 0 Å². The molecular formula is C17H26N2O. The van der Waals surface area contributed by atoms with Crippen LogP contribution in [0.1, 0.15) is 43.5 Å². The van der Waals surface area contributed by atoms with E-state index in [-0.39, 0.29) is 5.91 Å². The smallest absolute Gasteiger partial charge is 0.255 e. The van der Waals surface area contributed by atoms with Gasteiger partial charge in [0.1, 0.15) is 0 Å². The first-order valence-corrected chi connectivity index (χ1v) is 7.69. The van der Waals surface area contributed by atoms with Gasteiger partial charge in [-0.15, -0.1) is 0 Å². The SMILES string of the molecule is CNc1ccccc1C(=O)N1CCCC(C(C)C)CC1. The number of anilines is 1. The van der Waals surface area contributed by atoms with Crippen LogP contribution < -0.4 is 5.32 Å². The minimum absolute atomic E-state index is 0.166. The molecule has 1 saturated heterocycles. The fraction of sp³-hybridized carbons (Fsp3) is 0.588. The molecule has 110 valence electrons. The van der Waals surface area contributed by atoms with E-state index in [4.69, 9.17) is 0 Å². The van der Waals surface area contributed by atoms with E-state index < -0.39 is 0 Å². The Bertz CT molecular complexity index is 456. The minimum Gasteiger partial charge on any atom is -0.387 e. The van der Waals surface area contributed by atoms with E-state index in [1.165, 1.54) is 6.42 Å². The maximum absolute atomic E-state index is 12.7. The molecule has 20 heavy (non-hydrogen) atoms. The average molecular weight is 274 g/mol. The van der Waals surface area contributed by atoms with Crippen molar-refractivity contribution >= 4 is 11.6 Å². The molecule has 1 fully saturated rings. The third kappa shape index (κ3) is 3.33. The van der Waals surface area contributed by atoms with Gasteiger partial charge in [0, 0.05) is 25.8 Å². The number of carbonyl (C=O) groups excluding carboxylic acids is 1. The predicted molar refractivity (Wildman–Crippen MR) is 84.1 cm³/mol. The number of hydrogen-bond acceptors (Lipinski definition) is 2. The first-order chi connectivity index (χ1) is 9.63. The van der Waals surface area contributed by atoms with E-state index in [0.717, 1.165) is 49.0 Å². The number of carbonyl (C=O) groups is 1. The highest BCUT2D eigenvalue weighted by molar-refractivity contribution is 5.99. The second kappa shape index (κ2) is 6.78. The zero-order chi connectivity index (χ0) is 14.5. The first kappa shape index (κ1) is 14.9. The molecular weight excluding hydrogens is 248 g/mol. The highest BCUT2D eigenvalue weighted by Crippen LogP contribution is 2.26. The van der Waals surface area contributed by atoms with Gasteiger partial charge in [-0.05, 0) is 43.2 Å². The molecule has 0 aromatic heterocycles. The number of benzene rings is 1. The number of nitrogens with one attached hydrogen (secondary N) is 1. The lowest BCUT2D eigenvalue weighted by Gasteiger charge is -2.22. The number of para-hydroxylation sites is 1. The summed E-state index contributed by atoms with van der Waals surface area (Å²) in [6.07, 6.45) is 3.50. The van der Waals surface area contributed by atoms with Gasteiger partial charge in [-0.2, -0.15) is 0 Å². The molecule has 0 radical (unpaired) electrons. The van der Waals surface area contributed by atoms with Crippen molar-refractivity contribution in [2.24, 2.45) is 11.8 Å². The molecule has 1 amide bonds. The van der Waals surface area contributed by atoms with Crippen molar-refractivity contribution in [2.45, 2.75) is 33.1 Å². The van der Waals surface area contributed by atoms with Gasteiger partial charge in [-0.25, -0.2) is 0 Å². The Balaban J connectivity index is 2.09. The van der Waals surface area contributed by atoms with Gasteiger partial charge >= 0.3 is 0 Å². The topological polar surface area (TPSA) is 32.3 Å². The van der Waals surface area contributed by atoms with Crippen LogP contribution in [-0.4, -0.2) is 30.9 Å². The van der Waals surface area contributed by atoms with Crippen molar-refractivity contribution in [1.82, 2.24) is 4.90 Å². The van der Waals surface area contributed by atoms with Crippen molar-refractivity contribution in [2.75, 3.05) is 25.5 Å². The maximum Gasteiger partial charge on any atom is 0.255 e. The third-order valence-corrected chi connectivity index (χ3v) is 4.43. The molecule has 3 nitrogen and oxygen atoms in total. The van der Waals surface area contributed by atoms with Crippen LogP contribution in [-0.2, 0) is 0 Å². The number of rotatable bonds is 3. The number of likely N-dealkylation sites (tertiary alicyclic amines) is 1. The Morgan fingerprint density at radius 1 is 1.25 bits per heavy atom. The van der Waals surface area contributed by atoms with Gasteiger partial charge in [-0.1, -0.05) is 26.0 Å². The van der Waals surface area contributed by atoms with Gasteiger partial charge in [0.25, 0.3) is 5.91 Å². The molecule has 1 aromatic rings. The summed E-state index contributed by atoms with van der Waals surface area (Å²) in [5.41, 5.74) is 1.71. The van der Waals surface area contributed by atoms with Crippen LogP contribution in [0.3, 0.4) is 0 Å². The molecule has 0 spiro atoms. The lowest BCUT2D eigenvalue weighted by Crippen LogP contribution is -2.32. The van der Waals surface area contributed by atoms with E-state index in [1.807, 2.05) is 36.2 Å². The van der Waals surface area contributed by atoms with Gasteiger partial charge in [0.2, 0.25) is 0 Å². The quantitative estimate of drug-likeness (QED) is 0.913. The Kier molecular flexibility index (Phi) is 5.05. The van der Waals surface area contributed by atoms with Crippen molar-refractivity contribution in [3.63, 3.8) is 0 Å². The molecule has 1 N–H and O–H groups in total. The van der Waals surface area contributed by atoms with Crippen molar-refractivity contribution in [3.05, 3.63) is 29.8 Å². The van der Waals surface area contributed by atoms with Crippen LogP contribution >= 0.6 is 0 Å². The number of nitrogens with zero attached hydrogens (tertiary/aromatic N) is 1. The molecule has 1 unspecified atom stereocenters. The molecule has 0 saturated carbocycles. The second-order valence-corrected chi connectivity index (χ2v) is 6.02. The lowest BCUT2D eigenvalue weighted by molar-refractivity contribution is 0.0760. The molecule has 2 rings (SSSR count). The minimum atomic E-state index is 0.166. The van der Waals surface area contributed by atoms with Gasteiger partial charge in [0.05, 0.1) is 5.56 Å². The highest BCUT2D eigenvalue weighted by atomic mass is 16.2. The molecule has 1 aliphatic rings. The summed E-state index contributed by atoms with van der Waals surface area (Å²) < 4.78 is 0. The summed E-state index contributed by atoms with van der Waals surface area (Å²) in [5, 5.41) is 3.11. The largest absolute Gasteiger partial charge is 0.387 e. The van der Waals surface area contributed by atoms with E-state index in [2.05, 4.69) is 19.2 Å². The molecule has 0 aliphatic carbocycles. The van der Waals surface area contributed by atoms with Crippen molar-refractivity contribution < 1.29 is 4.79 Å². The van der Waals surface area contributed by atoms with Gasteiger partial charge in [-0.3, -0.25) is 4.79 Å². The van der Waals surface area contributed by atoms with Crippen LogP contribution in [0.4, 0.5) is 5.69 Å². The Morgan fingerprint density at radius 2 is 2.00 bits per heavy atom. The molecule has 1 aliphatic heterocycles. The summed E-state index contributed by atoms with van der Waals surface area (Å²) >= 11 is 0. The zero-order valence-corrected chi connectivity index (χ0v) is 12.9. The Morgan fingerprint density at radius 3 is 2.70 bits per heavy atom. The molecule has 0 bridgehead atoms. The van der Waals surface area contributed by atoms with Crippen LogP contribution in [0.25, 0.3) is 0 Å². The fourth-order valence-electron chi connectivity index (χ4n) is 3.05. The molecule has 1 atom stereocenters. The van der Waals surface area contributed by atoms with Crippen LogP contribution in [0.15, 0.2) is 24.3 Å². The molecule has 1 aromatic carbocycles. The van der Waals surface area contributed by atoms with Gasteiger partial charge in [0.15, 0.2) is 0 Å². The molecule has 1 heterocycles. The van der Waals surface area contributed by atoms with Crippen LogP contribution in [0, 0.1) is 11.8 Å². The monoisotopic (exact) mass is 274 g/mol. The first-order valence-electron chi connectivity index (χ1n) is 7.69. The number of amides is 1. The van der Waals surface area contributed by atoms with E-state index in [0.29, 0.717) is 0 Å². The standard InChI is InChI=1S/C17H26N2O/c1-13(2)14-7-6-11-19(12-10-14)17(20)15-8-4-5-9-16(15)18-3/h4-5,8-9,13-14,18H,6-7,10-12H2,1-3H3. The predicted octanol–water partition coefficient (Wildman–Crippen LogP) is 3.63. The van der Waals surface area contributed by atoms with E-state index >= 15 is 0 Å². The maximum atomic E-state index is 12.7.